The van der Waals surface area contributed by atoms with Crippen LogP contribution in [0, 0.1) is 5.92 Å². The number of rotatable bonds is 1. The van der Waals surface area contributed by atoms with Crippen molar-refractivity contribution in [3.63, 3.8) is 0 Å². The summed E-state index contributed by atoms with van der Waals surface area (Å²) in [6, 6.07) is 0.301. The third-order valence-electron chi connectivity index (χ3n) is 2.90. The van der Waals surface area contributed by atoms with E-state index in [1.807, 2.05) is 20.9 Å². The Kier molecular flexibility index (Phi) is 3.25. The second-order valence-electron chi connectivity index (χ2n) is 4.02. The maximum absolute atomic E-state index is 11.2. The molecule has 0 amide bonds. The van der Waals surface area contributed by atoms with Crippen LogP contribution < -0.4 is 0 Å². The van der Waals surface area contributed by atoms with Crippen LogP contribution in [0.5, 0.6) is 0 Å². The van der Waals surface area contributed by atoms with Crippen molar-refractivity contribution in [2.75, 3.05) is 13.6 Å². The third-order valence-corrected chi connectivity index (χ3v) is 4.97. The van der Waals surface area contributed by atoms with Crippen molar-refractivity contribution >= 4 is 19.7 Å². The summed E-state index contributed by atoms with van der Waals surface area (Å²) in [6.45, 7) is 4.77. The molecule has 1 heterocycles. The van der Waals surface area contributed by atoms with E-state index in [0.717, 1.165) is 6.54 Å². The molecule has 1 rings (SSSR count). The second-order valence-corrected chi connectivity index (χ2v) is 6.86. The lowest BCUT2D eigenvalue weighted by Gasteiger charge is -2.37. The Hall–Kier alpha value is 0.200. The molecule has 0 aliphatic carbocycles. The van der Waals surface area contributed by atoms with Crippen molar-refractivity contribution in [2.45, 2.75) is 31.6 Å². The first-order valence-corrected chi connectivity index (χ1v) is 6.83. The highest BCUT2D eigenvalue weighted by atomic mass is 35.7. The number of likely N-dealkylation sites (tertiary alicyclic amines) is 1. The first kappa shape index (κ1) is 11.3. The standard InChI is InChI=1S/C8H16ClNO2S/c1-6-5-10(3)7(2)4-8(6)13(9,11)12/h6-8H,4-5H2,1-3H3. The van der Waals surface area contributed by atoms with E-state index in [4.69, 9.17) is 10.7 Å². The van der Waals surface area contributed by atoms with Gasteiger partial charge in [0.1, 0.15) is 0 Å². The van der Waals surface area contributed by atoms with Crippen molar-refractivity contribution in [3.8, 4) is 0 Å². The molecule has 1 saturated heterocycles. The molecule has 5 heteroatoms. The fraction of sp³-hybridized carbons (Fsp3) is 1.00. The molecule has 3 atom stereocenters. The lowest BCUT2D eigenvalue weighted by atomic mass is 9.95. The van der Waals surface area contributed by atoms with Gasteiger partial charge in [0.05, 0.1) is 5.25 Å². The van der Waals surface area contributed by atoms with Crippen LogP contribution in [0.2, 0.25) is 0 Å². The topological polar surface area (TPSA) is 37.4 Å². The van der Waals surface area contributed by atoms with E-state index < -0.39 is 9.05 Å². The average molecular weight is 226 g/mol. The van der Waals surface area contributed by atoms with E-state index in [1.54, 1.807) is 0 Å². The summed E-state index contributed by atoms with van der Waals surface area (Å²) in [5, 5.41) is -0.375. The summed E-state index contributed by atoms with van der Waals surface area (Å²) in [7, 11) is 4.00. The first-order chi connectivity index (χ1) is 5.82. The fourth-order valence-electron chi connectivity index (χ4n) is 1.89. The maximum atomic E-state index is 11.2. The predicted octanol–water partition coefficient (Wildman–Crippen LogP) is 1.28. The summed E-state index contributed by atoms with van der Waals surface area (Å²) in [6.07, 6.45) is 0.642. The monoisotopic (exact) mass is 225 g/mol. The number of hydrogen-bond acceptors (Lipinski definition) is 3. The van der Waals surface area contributed by atoms with Gasteiger partial charge in [-0.2, -0.15) is 0 Å². The molecular weight excluding hydrogens is 210 g/mol. The highest BCUT2D eigenvalue weighted by Crippen LogP contribution is 2.28. The molecule has 0 aromatic carbocycles. The molecule has 13 heavy (non-hydrogen) atoms. The molecule has 0 saturated carbocycles. The van der Waals surface area contributed by atoms with E-state index in [9.17, 15) is 8.42 Å². The summed E-state index contributed by atoms with van der Waals surface area (Å²) < 4.78 is 22.4. The molecule has 0 bridgehead atoms. The summed E-state index contributed by atoms with van der Waals surface area (Å²) in [5.41, 5.74) is 0. The minimum Gasteiger partial charge on any atom is -0.303 e. The minimum atomic E-state index is -3.39. The van der Waals surface area contributed by atoms with E-state index in [0.29, 0.717) is 12.5 Å². The molecule has 0 aromatic heterocycles. The van der Waals surface area contributed by atoms with Crippen LogP contribution in [0.4, 0.5) is 0 Å². The molecule has 0 radical (unpaired) electrons. The van der Waals surface area contributed by atoms with Crippen molar-refractivity contribution < 1.29 is 8.42 Å². The first-order valence-electron chi connectivity index (χ1n) is 4.46. The molecule has 78 valence electrons. The molecule has 1 aliphatic rings. The fourth-order valence-corrected chi connectivity index (χ4v) is 3.79. The van der Waals surface area contributed by atoms with Gasteiger partial charge in [-0.25, -0.2) is 8.42 Å². The van der Waals surface area contributed by atoms with Gasteiger partial charge in [0.2, 0.25) is 9.05 Å². The van der Waals surface area contributed by atoms with Gasteiger partial charge < -0.3 is 4.90 Å². The van der Waals surface area contributed by atoms with Gasteiger partial charge in [0, 0.05) is 23.3 Å². The quantitative estimate of drug-likeness (QED) is 0.631. The van der Waals surface area contributed by atoms with E-state index in [-0.39, 0.29) is 11.2 Å². The number of piperidine rings is 1. The van der Waals surface area contributed by atoms with Crippen LogP contribution in [0.1, 0.15) is 20.3 Å². The highest BCUT2D eigenvalue weighted by Gasteiger charge is 2.36. The minimum absolute atomic E-state index is 0.128. The zero-order valence-corrected chi connectivity index (χ0v) is 9.77. The molecule has 3 nitrogen and oxygen atoms in total. The largest absolute Gasteiger partial charge is 0.303 e. The summed E-state index contributed by atoms with van der Waals surface area (Å²) >= 11 is 0. The average Bonchev–Trinajstić information content (AvgIpc) is 1.94. The van der Waals surface area contributed by atoms with E-state index >= 15 is 0 Å². The van der Waals surface area contributed by atoms with Crippen LogP contribution in [-0.4, -0.2) is 38.2 Å². The molecule has 0 spiro atoms. The maximum Gasteiger partial charge on any atom is 0.235 e. The molecule has 3 unspecified atom stereocenters. The Labute approximate surface area is 84.5 Å². The van der Waals surface area contributed by atoms with Gasteiger partial charge in [-0.1, -0.05) is 6.92 Å². The second kappa shape index (κ2) is 3.75. The SMILES string of the molecule is CC1CN(C)C(C)CC1S(=O)(=O)Cl. The van der Waals surface area contributed by atoms with Crippen molar-refractivity contribution in [1.29, 1.82) is 0 Å². The molecule has 0 N–H and O–H groups in total. The molecule has 0 aromatic rings. The number of halogens is 1. The Morgan fingerprint density at radius 1 is 1.38 bits per heavy atom. The Morgan fingerprint density at radius 2 is 1.92 bits per heavy atom. The zero-order chi connectivity index (χ0) is 10.2. The smallest absolute Gasteiger partial charge is 0.235 e. The van der Waals surface area contributed by atoms with Gasteiger partial charge in [-0.15, -0.1) is 0 Å². The molecule has 1 fully saturated rings. The van der Waals surface area contributed by atoms with Crippen LogP contribution in [0.3, 0.4) is 0 Å². The van der Waals surface area contributed by atoms with E-state index in [2.05, 4.69) is 4.90 Å². The summed E-state index contributed by atoms with van der Waals surface area (Å²) in [4.78, 5) is 2.17. The Bertz CT molecular complexity index is 278. The summed E-state index contributed by atoms with van der Waals surface area (Å²) in [5.74, 6) is 0.128. The third kappa shape index (κ3) is 2.58. The van der Waals surface area contributed by atoms with Gasteiger partial charge in [-0.05, 0) is 26.3 Å². The lowest BCUT2D eigenvalue weighted by molar-refractivity contribution is 0.161. The zero-order valence-electron chi connectivity index (χ0n) is 8.20. The van der Waals surface area contributed by atoms with Gasteiger partial charge in [0.25, 0.3) is 0 Å². The van der Waals surface area contributed by atoms with E-state index in [1.165, 1.54) is 0 Å². The number of hydrogen-bond donors (Lipinski definition) is 0. The van der Waals surface area contributed by atoms with Crippen LogP contribution in [0.15, 0.2) is 0 Å². The Balaban J connectivity index is 2.79. The van der Waals surface area contributed by atoms with Crippen molar-refractivity contribution in [1.82, 2.24) is 4.90 Å². The van der Waals surface area contributed by atoms with Gasteiger partial charge in [-0.3, -0.25) is 0 Å². The predicted molar refractivity (Wildman–Crippen MR) is 54.4 cm³/mol. The van der Waals surface area contributed by atoms with Crippen LogP contribution in [-0.2, 0) is 9.05 Å². The lowest BCUT2D eigenvalue weighted by Crippen LogP contribution is -2.47. The molecular formula is C8H16ClNO2S. The Morgan fingerprint density at radius 3 is 2.38 bits per heavy atom. The highest BCUT2D eigenvalue weighted by molar-refractivity contribution is 8.14. The van der Waals surface area contributed by atoms with Crippen molar-refractivity contribution in [2.24, 2.45) is 5.92 Å². The van der Waals surface area contributed by atoms with Crippen molar-refractivity contribution in [3.05, 3.63) is 0 Å². The van der Waals surface area contributed by atoms with Gasteiger partial charge >= 0.3 is 0 Å². The molecule has 1 aliphatic heterocycles. The number of nitrogens with zero attached hydrogens (tertiary/aromatic N) is 1. The van der Waals surface area contributed by atoms with Crippen LogP contribution >= 0.6 is 10.7 Å². The van der Waals surface area contributed by atoms with Crippen LogP contribution in [0.25, 0.3) is 0 Å². The normalized spacial score (nSPS) is 37.7. The van der Waals surface area contributed by atoms with Gasteiger partial charge in [0.15, 0.2) is 0 Å².